The van der Waals surface area contributed by atoms with Crippen LogP contribution in [0.5, 0.6) is 0 Å². The highest BCUT2D eigenvalue weighted by atomic mass is 35.5. The molecular formula is C16H18ClN5OS. The molecule has 2 aromatic rings. The van der Waals surface area contributed by atoms with Crippen molar-refractivity contribution < 1.29 is 4.79 Å². The van der Waals surface area contributed by atoms with Gasteiger partial charge in [-0.1, -0.05) is 11.6 Å². The van der Waals surface area contributed by atoms with Crippen LogP contribution < -0.4 is 10.6 Å². The van der Waals surface area contributed by atoms with E-state index in [9.17, 15) is 4.79 Å². The lowest BCUT2D eigenvalue weighted by molar-refractivity contribution is -0.105. The lowest BCUT2D eigenvalue weighted by atomic mass is 10.0. The first-order chi connectivity index (χ1) is 11.8. The van der Waals surface area contributed by atoms with Crippen molar-refractivity contribution in [1.29, 1.82) is 0 Å². The predicted octanol–water partition coefficient (Wildman–Crippen LogP) is 3.32. The van der Waals surface area contributed by atoms with Crippen LogP contribution in [0, 0.1) is 5.92 Å². The van der Waals surface area contributed by atoms with E-state index in [1.807, 2.05) is 11.8 Å². The Morgan fingerprint density at radius 2 is 2.08 bits per heavy atom. The summed E-state index contributed by atoms with van der Waals surface area (Å²) in [5.74, 6) is 4.30. The highest BCUT2D eigenvalue weighted by Crippen LogP contribution is 2.28. The molecule has 3 rings (SSSR count). The van der Waals surface area contributed by atoms with Gasteiger partial charge >= 0.3 is 0 Å². The van der Waals surface area contributed by atoms with Gasteiger partial charge < -0.3 is 10.6 Å². The molecule has 2 N–H and O–H groups in total. The number of aromatic nitrogens is 3. The number of nitrogens with one attached hydrogen (secondary N) is 2. The number of nitrogens with zero attached hydrogens (tertiary/aromatic N) is 3. The number of hydrogen-bond acceptors (Lipinski definition) is 6. The molecule has 1 saturated heterocycles. The van der Waals surface area contributed by atoms with Crippen molar-refractivity contribution in [3.63, 3.8) is 0 Å². The van der Waals surface area contributed by atoms with E-state index >= 15 is 0 Å². The second-order valence-corrected chi connectivity index (χ2v) is 7.17. The Kier molecular flexibility index (Phi) is 5.87. The third-order valence-electron chi connectivity index (χ3n) is 3.89. The van der Waals surface area contributed by atoms with Crippen molar-refractivity contribution in [3.8, 4) is 11.3 Å². The fourth-order valence-corrected chi connectivity index (χ4v) is 3.96. The van der Waals surface area contributed by atoms with Gasteiger partial charge in [-0.15, -0.1) is 0 Å². The number of halogens is 1. The zero-order valence-corrected chi connectivity index (χ0v) is 14.6. The Morgan fingerprint density at radius 3 is 2.88 bits per heavy atom. The normalized spacial score (nSPS) is 15.0. The number of hydrogen-bond donors (Lipinski definition) is 2. The van der Waals surface area contributed by atoms with Gasteiger partial charge in [0, 0.05) is 18.3 Å². The van der Waals surface area contributed by atoms with Gasteiger partial charge in [-0.2, -0.15) is 11.8 Å². The molecule has 0 aliphatic carbocycles. The highest BCUT2D eigenvalue weighted by molar-refractivity contribution is 7.99. The monoisotopic (exact) mass is 363 g/mol. The number of rotatable bonds is 6. The fourth-order valence-electron chi connectivity index (χ4n) is 2.55. The number of anilines is 2. The molecule has 1 aliphatic heterocycles. The van der Waals surface area contributed by atoms with E-state index in [1.54, 1.807) is 18.5 Å². The van der Waals surface area contributed by atoms with Gasteiger partial charge in [0.2, 0.25) is 6.41 Å². The van der Waals surface area contributed by atoms with E-state index in [-0.39, 0.29) is 0 Å². The van der Waals surface area contributed by atoms with Gasteiger partial charge in [0.25, 0.3) is 0 Å². The van der Waals surface area contributed by atoms with Crippen molar-refractivity contribution >= 4 is 41.4 Å². The van der Waals surface area contributed by atoms with Crippen LogP contribution in [0.15, 0.2) is 24.7 Å². The summed E-state index contributed by atoms with van der Waals surface area (Å²) in [6, 6.07) is 1.68. The molecule has 24 heavy (non-hydrogen) atoms. The molecular weight excluding hydrogens is 346 g/mol. The molecule has 1 aliphatic rings. The van der Waals surface area contributed by atoms with Crippen LogP contribution in [0.25, 0.3) is 11.3 Å². The van der Waals surface area contributed by atoms with Gasteiger partial charge in [0.05, 0.1) is 23.1 Å². The lowest BCUT2D eigenvalue weighted by Crippen LogP contribution is -2.19. The molecule has 8 heteroatoms. The van der Waals surface area contributed by atoms with Gasteiger partial charge in [-0.3, -0.25) is 9.78 Å². The van der Waals surface area contributed by atoms with Crippen LogP contribution in [-0.4, -0.2) is 39.4 Å². The third-order valence-corrected chi connectivity index (χ3v) is 5.24. The fraction of sp³-hybridized carbons (Fsp3) is 0.375. The molecule has 0 radical (unpaired) electrons. The van der Waals surface area contributed by atoms with Gasteiger partial charge in [0.1, 0.15) is 11.6 Å². The second-order valence-electron chi connectivity index (χ2n) is 5.54. The summed E-state index contributed by atoms with van der Waals surface area (Å²) in [6.45, 7) is 0.903. The molecule has 1 fully saturated rings. The Labute approximate surface area is 149 Å². The number of thioether (sulfide) groups is 1. The summed E-state index contributed by atoms with van der Waals surface area (Å²) in [5.41, 5.74) is 1.32. The molecule has 0 unspecified atom stereocenters. The Morgan fingerprint density at radius 1 is 1.25 bits per heavy atom. The van der Waals surface area contributed by atoms with Crippen LogP contribution in [0.4, 0.5) is 11.6 Å². The summed E-state index contributed by atoms with van der Waals surface area (Å²) in [7, 11) is 0. The molecule has 0 aromatic carbocycles. The smallest absolute Gasteiger partial charge is 0.212 e. The molecule has 6 nitrogen and oxygen atoms in total. The van der Waals surface area contributed by atoms with Crippen molar-refractivity contribution in [1.82, 2.24) is 15.0 Å². The van der Waals surface area contributed by atoms with Crippen LogP contribution in [0.3, 0.4) is 0 Å². The Balaban J connectivity index is 1.74. The number of pyridine rings is 1. The summed E-state index contributed by atoms with van der Waals surface area (Å²) >= 11 is 8.23. The highest BCUT2D eigenvalue weighted by Gasteiger charge is 2.14. The van der Waals surface area contributed by atoms with Crippen molar-refractivity contribution in [3.05, 3.63) is 29.7 Å². The first-order valence-corrected chi connectivity index (χ1v) is 9.29. The van der Waals surface area contributed by atoms with Crippen molar-refractivity contribution in [2.45, 2.75) is 12.8 Å². The maximum absolute atomic E-state index is 10.6. The van der Waals surface area contributed by atoms with E-state index in [1.165, 1.54) is 30.5 Å². The molecule has 0 saturated carbocycles. The summed E-state index contributed by atoms with van der Waals surface area (Å²) < 4.78 is 0. The van der Waals surface area contributed by atoms with Gasteiger partial charge in [-0.25, -0.2) is 9.97 Å². The van der Waals surface area contributed by atoms with E-state index < -0.39 is 0 Å². The summed E-state index contributed by atoms with van der Waals surface area (Å²) in [5, 5.41) is 6.34. The number of amides is 1. The predicted molar refractivity (Wildman–Crippen MR) is 98.5 cm³/mol. The Hall–Kier alpha value is -1.86. The van der Waals surface area contributed by atoms with Crippen LogP contribution in [0.2, 0.25) is 5.02 Å². The summed E-state index contributed by atoms with van der Waals surface area (Å²) in [4.78, 5) is 23.4. The maximum atomic E-state index is 10.6. The molecule has 2 aromatic heterocycles. The van der Waals surface area contributed by atoms with Crippen molar-refractivity contribution in [2.24, 2.45) is 5.92 Å². The van der Waals surface area contributed by atoms with Crippen LogP contribution >= 0.6 is 23.4 Å². The van der Waals surface area contributed by atoms with Gasteiger partial charge in [-0.05, 0) is 36.3 Å². The van der Waals surface area contributed by atoms with Crippen molar-refractivity contribution in [2.75, 3.05) is 28.7 Å². The molecule has 126 valence electrons. The quantitative estimate of drug-likeness (QED) is 0.766. The van der Waals surface area contributed by atoms with Crippen LogP contribution in [-0.2, 0) is 4.79 Å². The first kappa shape index (κ1) is 17.0. The largest absolute Gasteiger partial charge is 0.368 e. The first-order valence-electron chi connectivity index (χ1n) is 7.76. The minimum Gasteiger partial charge on any atom is -0.368 e. The molecule has 0 bridgehead atoms. The Bertz CT molecular complexity index is 709. The van der Waals surface area contributed by atoms with Crippen LogP contribution in [0.1, 0.15) is 12.8 Å². The maximum Gasteiger partial charge on any atom is 0.212 e. The number of carbonyl (C=O) groups excluding carboxylic acids is 1. The zero-order chi connectivity index (χ0) is 16.8. The third kappa shape index (κ3) is 4.36. The average molecular weight is 364 g/mol. The lowest BCUT2D eigenvalue weighted by Gasteiger charge is -2.21. The van der Waals surface area contributed by atoms with E-state index in [0.717, 1.165) is 12.4 Å². The second kappa shape index (κ2) is 8.30. The zero-order valence-electron chi connectivity index (χ0n) is 13.0. The molecule has 0 spiro atoms. The average Bonchev–Trinajstić information content (AvgIpc) is 2.63. The minimum atomic E-state index is 0.421. The van der Waals surface area contributed by atoms with E-state index in [0.29, 0.717) is 34.4 Å². The van der Waals surface area contributed by atoms with E-state index in [2.05, 4.69) is 25.6 Å². The van der Waals surface area contributed by atoms with E-state index in [4.69, 9.17) is 11.6 Å². The topological polar surface area (TPSA) is 79.8 Å². The molecule has 1 amide bonds. The SMILES string of the molecule is O=CNc1cc(-c2cncc(NCC3CCSCC3)n2)c(Cl)cn1. The standard InChI is InChI=1S/C16H18ClN5OS/c17-13-7-20-15(21-10-23)5-12(13)14-8-18-9-16(22-14)19-6-11-1-3-24-4-2-11/h5,7-11H,1-4,6H2,(H,19,22)(H,20,21,23). The summed E-state index contributed by atoms with van der Waals surface area (Å²) in [6.07, 6.45) is 7.90. The molecule has 3 heterocycles. The number of carbonyl (C=O) groups is 1. The van der Waals surface area contributed by atoms with Gasteiger partial charge in [0.15, 0.2) is 0 Å². The molecule has 0 atom stereocenters. The minimum absolute atomic E-state index is 0.421.